The Kier molecular flexibility index (Phi) is 6.04. The molecule has 0 aliphatic heterocycles. The normalized spacial score (nSPS) is 11.3. The Labute approximate surface area is 153 Å². The van der Waals surface area contributed by atoms with E-state index in [9.17, 15) is 0 Å². The highest BCUT2D eigenvalue weighted by molar-refractivity contribution is 9.10. The van der Waals surface area contributed by atoms with Crippen LogP contribution in [0.1, 0.15) is 19.4 Å². The van der Waals surface area contributed by atoms with Crippen LogP contribution in [0, 0.1) is 0 Å². The molecule has 0 aliphatic carbocycles. The third kappa shape index (κ3) is 3.86. The van der Waals surface area contributed by atoms with E-state index in [0.717, 1.165) is 9.99 Å². The fourth-order valence-electron chi connectivity index (χ4n) is 1.91. The zero-order valence-corrected chi connectivity index (χ0v) is 15.7. The number of fused-ring (bicyclic) bond motifs is 1. The van der Waals surface area contributed by atoms with Gasteiger partial charge in [0.1, 0.15) is 5.84 Å². The number of aliphatic imine (C=N–C) groups is 1. The number of para-hydroxylation sites is 1. The van der Waals surface area contributed by atoms with Gasteiger partial charge in [-0.1, -0.05) is 49.2 Å². The molecule has 0 unspecified atom stereocenters. The summed E-state index contributed by atoms with van der Waals surface area (Å²) in [5, 5.41) is 5.27. The minimum atomic E-state index is 0.264. The van der Waals surface area contributed by atoms with Crippen molar-refractivity contribution >= 4 is 56.2 Å². The predicted octanol–water partition coefficient (Wildman–Crippen LogP) is 5.47. The van der Waals surface area contributed by atoms with Crippen molar-refractivity contribution in [3.8, 4) is 0 Å². The maximum Gasteiger partial charge on any atom is 0.134 e. The van der Waals surface area contributed by atoms with E-state index < -0.39 is 0 Å². The molecule has 0 aliphatic rings. The zero-order chi connectivity index (χ0) is 17.0. The number of nitrogens with zero attached hydrogens (tertiary/aromatic N) is 3. The molecule has 0 saturated heterocycles. The lowest BCUT2D eigenvalue weighted by Gasteiger charge is -2.06. The summed E-state index contributed by atoms with van der Waals surface area (Å²) < 4.78 is 2.55. The average Bonchev–Trinajstić information content (AvgIpc) is 2.93. The first kappa shape index (κ1) is 17.8. The van der Waals surface area contributed by atoms with Crippen LogP contribution in [0.5, 0.6) is 0 Å². The zero-order valence-electron chi connectivity index (χ0n) is 12.6. The van der Waals surface area contributed by atoms with Gasteiger partial charge in [0, 0.05) is 10.7 Å². The van der Waals surface area contributed by atoms with E-state index in [1.807, 2.05) is 38.2 Å². The Hall–Kier alpha value is -1.56. The van der Waals surface area contributed by atoms with Crippen molar-refractivity contribution in [1.82, 2.24) is 9.61 Å². The SMILES string of the molecule is CC.NC(=Nc1ccccc1Cl)c1cnn2cc(Br)cc2c1Cl. The molecule has 0 fully saturated rings. The molecule has 2 aromatic heterocycles. The molecule has 23 heavy (non-hydrogen) atoms. The van der Waals surface area contributed by atoms with E-state index in [-0.39, 0.29) is 5.84 Å². The van der Waals surface area contributed by atoms with Crippen molar-refractivity contribution < 1.29 is 0 Å². The number of hydrogen-bond donors (Lipinski definition) is 1. The van der Waals surface area contributed by atoms with Crippen LogP contribution in [0.2, 0.25) is 10.0 Å². The molecule has 2 N–H and O–H groups in total. The molecule has 0 atom stereocenters. The van der Waals surface area contributed by atoms with Crippen LogP contribution in [0.4, 0.5) is 5.69 Å². The van der Waals surface area contributed by atoms with Crippen molar-refractivity contribution in [2.45, 2.75) is 13.8 Å². The lowest BCUT2D eigenvalue weighted by atomic mass is 10.2. The van der Waals surface area contributed by atoms with E-state index in [1.165, 1.54) is 0 Å². The minimum absolute atomic E-state index is 0.264. The molecule has 3 rings (SSSR count). The fraction of sp³-hybridized carbons (Fsp3) is 0.125. The lowest BCUT2D eigenvalue weighted by Crippen LogP contribution is -2.14. The molecule has 120 valence electrons. The molecule has 2 heterocycles. The van der Waals surface area contributed by atoms with E-state index in [1.54, 1.807) is 22.8 Å². The number of halogens is 3. The first-order valence-electron chi connectivity index (χ1n) is 6.97. The summed E-state index contributed by atoms with van der Waals surface area (Å²) in [5.74, 6) is 0.264. The largest absolute Gasteiger partial charge is 0.383 e. The van der Waals surface area contributed by atoms with Gasteiger partial charge in [0.25, 0.3) is 0 Å². The van der Waals surface area contributed by atoms with Crippen LogP contribution in [-0.2, 0) is 0 Å². The van der Waals surface area contributed by atoms with Crippen LogP contribution in [-0.4, -0.2) is 15.4 Å². The van der Waals surface area contributed by atoms with Gasteiger partial charge in [-0.3, -0.25) is 0 Å². The van der Waals surface area contributed by atoms with Crippen molar-refractivity contribution in [3.05, 3.63) is 62.8 Å². The molecule has 0 spiro atoms. The highest BCUT2D eigenvalue weighted by atomic mass is 79.9. The smallest absolute Gasteiger partial charge is 0.134 e. The number of hydrogen-bond acceptors (Lipinski definition) is 2. The second-order valence-corrected chi connectivity index (χ2v) is 6.01. The Balaban J connectivity index is 0.000000924. The van der Waals surface area contributed by atoms with Gasteiger partial charge in [0.2, 0.25) is 0 Å². The van der Waals surface area contributed by atoms with Gasteiger partial charge in [0.05, 0.1) is 33.0 Å². The van der Waals surface area contributed by atoms with Crippen LogP contribution < -0.4 is 5.73 Å². The molecular weight excluding hydrogens is 399 g/mol. The molecule has 3 aromatic rings. The number of nitrogens with two attached hydrogens (primary N) is 1. The number of aromatic nitrogens is 2. The monoisotopic (exact) mass is 412 g/mol. The summed E-state index contributed by atoms with van der Waals surface area (Å²) in [7, 11) is 0. The molecule has 0 saturated carbocycles. The van der Waals surface area contributed by atoms with Crippen molar-refractivity contribution in [3.63, 3.8) is 0 Å². The van der Waals surface area contributed by atoms with Crippen LogP contribution in [0.25, 0.3) is 5.52 Å². The van der Waals surface area contributed by atoms with E-state index in [0.29, 0.717) is 21.3 Å². The quantitative estimate of drug-likeness (QED) is 0.447. The summed E-state index contributed by atoms with van der Waals surface area (Å²) in [6.07, 6.45) is 3.39. The third-order valence-electron chi connectivity index (χ3n) is 2.91. The van der Waals surface area contributed by atoms with E-state index >= 15 is 0 Å². The number of benzene rings is 1. The standard InChI is InChI=1S/C14H9BrCl2N4.C2H6/c15-8-5-12-13(17)9(6-19-21(12)7-8)14(18)20-11-4-2-1-3-10(11)16;1-2/h1-7H,(H2,18,20);1-2H3. The van der Waals surface area contributed by atoms with Crippen LogP contribution >= 0.6 is 39.1 Å². The molecule has 4 nitrogen and oxygen atoms in total. The first-order chi connectivity index (χ1) is 11.1. The summed E-state index contributed by atoms with van der Waals surface area (Å²) in [5.41, 5.74) is 7.94. The van der Waals surface area contributed by atoms with Crippen molar-refractivity contribution in [2.75, 3.05) is 0 Å². The van der Waals surface area contributed by atoms with Crippen LogP contribution in [0.15, 0.2) is 52.2 Å². The van der Waals surface area contributed by atoms with Gasteiger partial charge in [0.15, 0.2) is 0 Å². The topological polar surface area (TPSA) is 55.7 Å². The van der Waals surface area contributed by atoms with Crippen molar-refractivity contribution in [2.24, 2.45) is 10.7 Å². The third-order valence-corrected chi connectivity index (χ3v) is 4.06. The Bertz CT molecular complexity index is 858. The van der Waals surface area contributed by atoms with Crippen molar-refractivity contribution in [1.29, 1.82) is 0 Å². The molecule has 0 radical (unpaired) electrons. The average molecular weight is 414 g/mol. The number of rotatable bonds is 2. The highest BCUT2D eigenvalue weighted by Crippen LogP contribution is 2.27. The van der Waals surface area contributed by atoms with Gasteiger partial charge in [-0.05, 0) is 34.1 Å². The van der Waals surface area contributed by atoms with E-state index in [2.05, 4.69) is 26.0 Å². The molecule has 0 bridgehead atoms. The second kappa shape index (κ2) is 7.81. The maximum absolute atomic E-state index is 6.38. The summed E-state index contributed by atoms with van der Waals surface area (Å²) in [4.78, 5) is 4.32. The molecule has 0 amide bonds. The Morgan fingerprint density at radius 1 is 1.26 bits per heavy atom. The Morgan fingerprint density at radius 3 is 2.65 bits per heavy atom. The maximum atomic E-state index is 6.38. The van der Waals surface area contributed by atoms with Gasteiger partial charge in [-0.15, -0.1) is 0 Å². The number of amidine groups is 1. The van der Waals surface area contributed by atoms with Crippen LogP contribution in [0.3, 0.4) is 0 Å². The Morgan fingerprint density at radius 2 is 1.96 bits per heavy atom. The van der Waals surface area contributed by atoms with Gasteiger partial charge in [-0.25, -0.2) is 9.51 Å². The van der Waals surface area contributed by atoms with Gasteiger partial charge < -0.3 is 5.73 Å². The summed E-state index contributed by atoms with van der Waals surface area (Å²) in [6.45, 7) is 4.00. The van der Waals surface area contributed by atoms with Gasteiger partial charge in [-0.2, -0.15) is 5.10 Å². The minimum Gasteiger partial charge on any atom is -0.383 e. The predicted molar refractivity (Wildman–Crippen MR) is 101 cm³/mol. The first-order valence-corrected chi connectivity index (χ1v) is 8.52. The summed E-state index contributed by atoms with van der Waals surface area (Å²) >= 11 is 15.8. The summed E-state index contributed by atoms with van der Waals surface area (Å²) in [6, 6.07) is 9.06. The molecule has 1 aromatic carbocycles. The second-order valence-electron chi connectivity index (χ2n) is 4.31. The fourth-order valence-corrected chi connectivity index (χ4v) is 2.78. The molecule has 7 heteroatoms. The highest BCUT2D eigenvalue weighted by Gasteiger charge is 2.12. The van der Waals surface area contributed by atoms with Gasteiger partial charge >= 0.3 is 0 Å². The lowest BCUT2D eigenvalue weighted by molar-refractivity contribution is 0.937. The molecular formula is C16H15BrCl2N4. The van der Waals surface area contributed by atoms with E-state index in [4.69, 9.17) is 28.9 Å².